The number of ether oxygens (including phenoxy) is 1. The molecule has 2 aromatic rings. The second kappa shape index (κ2) is 6.66. The van der Waals surface area contributed by atoms with Crippen LogP contribution in [0.2, 0.25) is 0 Å². The number of aliphatic hydroxyl groups excluding tert-OH is 1. The first-order chi connectivity index (χ1) is 10.1. The van der Waals surface area contributed by atoms with Crippen LogP contribution in [0.5, 0.6) is 5.75 Å². The largest absolute Gasteiger partial charge is 0.495 e. The Morgan fingerprint density at radius 1 is 1.29 bits per heavy atom. The van der Waals surface area contributed by atoms with Crippen LogP contribution in [0.4, 0.5) is 0 Å². The van der Waals surface area contributed by atoms with E-state index in [1.165, 1.54) is 19.2 Å². The minimum absolute atomic E-state index is 0.000408. The maximum Gasteiger partial charge on any atom is 0.244 e. The van der Waals surface area contributed by atoms with Crippen molar-refractivity contribution in [2.75, 3.05) is 7.11 Å². The molecule has 0 fully saturated rings. The number of hydrogen-bond acceptors (Lipinski definition) is 5. The second-order valence-electron chi connectivity index (χ2n) is 4.33. The fourth-order valence-electron chi connectivity index (χ4n) is 1.79. The van der Waals surface area contributed by atoms with Crippen molar-refractivity contribution in [2.45, 2.75) is 18.0 Å². The lowest BCUT2D eigenvalue weighted by Gasteiger charge is -2.12. The van der Waals surface area contributed by atoms with E-state index in [0.717, 1.165) is 5.56 Å². The van der Waals surface area contributed by atoms with E-state index in [2.05, 4.69) is 9.71 Å². The van der Waals surface area contributed by atoms with Crippen LogP contribution < -0.4 is 9.46 Å². The van der Waals surface area contributed by atoms with Crippen LogP contribution in [0.15, 0.2) is 47.6 Å². The van der Waals surface area contributed by atoms with E-state index in [4.69, 9.17) is 9.84 Å². The van der Waals surface area contributed by atoms with Gasteiger partial charge in [0.25, 0.3) is 0 Å². The van der Waals surface area contributed by atoms with Crippen LogP contribution >= 0.6 is 0 Å². The monoisotopic (exact) mass is 308 g/mol. The Hall–Kier alpha value is -1.96. The van der Waals surface area contributed by atoms with Gasteiger partial charge in [0.05, 0.1) is 13.7 Å². The minimum atomic E-state index is -3.75. The van der Waals surface area contributed by atoms with Gasteiger partial charge in [0, 0.05) is 18.9 Å². The Balaban J connectivity index is 2.26. The number of nitrogens with one attached hydrogen (secondary N) is 1. The SMILES string of the molecule is COc1ccc(CO)cc1S(=O)(=O)NCc1cccnc1. The van der Waals surface area contributed by atoms with E-state index in [1.807, 2.05) is 0 Å². The van der Waals surface area contributed by atoms with Gasteiger partial charge in [-0.05, 0) is 29.3 Å². The quantitative estimate of drug-likeness (QED) is 0.833. The molecular formula is C14H16N2O4S. The molecule has 1 aromatic heterocycles. The van der Waals surface area contributed by atoms with Crippen LogP contribution in [0.25, 0.3) is 0 Å². The summed E-state index contributed by atoms with van der Waals surface area (Å²) in [6.45, 7) is -0.113. The van der Waals surface area contributed by atoms with E-state index in [1.54, 1.807) is 30.6 Å². The fraction of sp³-hybridized carbons (Fsp3) is 0.214. The molecule has 21 heavy (non-hydrogen) atoms. The molecule has 1 heterocycles. The lowest BCUT2D eigenvalue weighted by atomic mass is 10.2. The summed E-state index contributed by atoms with van der Waals surface area (Å²) in [6, 6.07) is 8.03. The van der Waals surface area contributed by atoms with E-state index in [0.29, 0.717) is 5.56 Å². The summed E-state index contributed by atoms with van der Waals surface area (Å²) in [7, 11) is -2.35. The fourth-order valence-corrected chi connectivity index (χ4v) is 3.02. The third-order valence-corrected chi connectivity index (χ3v) is 4.31. The Morgan fingerprint density at radius 2 is 2.10 bits per heavy atom. The molecule has 7 heteroatoms. The number of nitrogens with zero attached hydrogens (tertiary/aromatic N) is 1. The number of benzene rings is 1. The van der Waals surface area contributed by atoms with Crippen LogP contribution in [-0.2, 0) is 23.2 Å². The maximum absolute atomic E-state index is 12.4. The summed E-state index contributed by atoms with van der Waals surface area (Å²) in [5, 5.41) is 9.13. The zero-order chi connectivity index (χ0) is 15.3. The molecule has 0 aliphatic heterocycles. The molecule has 0 aliphatic carbocycles. The van der Waals surface area contributed by atoms with Crippen molar-refractivity contribution in [1.82, 2.24) is 9.71 Å². The van der Waals surface area contributed by atoms with Crippen molar-refractivity contribution in [3.8, 4) is 5.75 Å². The molecule has 0 saturated heterocycles. The highest BCUT2D eigenvalue weighted by molar-refractivity contribution is 7.89. The summed E-state index contributed by atoms with van der Waals surface area (Å²) >= 11 is 0. The number of rotatable bonds is 6. The second-order valence-corrected chi connectivity index (χ2v) is 6.06. The smallest absolute Gasteiger partial charge is 0.244 e. The predicted molar refractivity (Wildman–Crippen MR) is 77.2 cm³/mol. The average molecular weight is 308 g/mol. The highest BCUT2D eigenvalue weighted by atomic mass is 32.2. The Morgan fingerprint density at radius 3 is 2.71 bits per heavy atom. The highest BCUT2D eigenvalue weighted by Crippen LogP contribution is 2.25. The zero-order valence-electron chi connectivity index (χ0n) is 11.5. The predicted octanol–water partition coefficient (Wildman–Crippen LogP) is 1.06. The summed E-state index contributed by atoms with van der Waals surface area (Å²) in [6.07, 6.45) is 3.20. The number of aliphatic hydroxyl groups is 1. The summed E-state index contributed by atoms with van der Waals surface area (Å²) in [5.41, 5.74) is 1.25. The van der Waals surface area contributed by atoms with E-state index in [-0.39, 0.29) is 23.8 Å². The molecule has 0 aliphatic rings. The van der Waals surface area contributed by atoms with Gasteiger partial charge in [-0.2, -0.15) is 0 Å². The van der Waals surface area contributed by atoms with Gasteiger partial charge in [0.15, 0.2) is 0 Å². The van der Waals surface area contributed by atoms with Crippen LogP contribution in [-0.4, -0.2) is 25.6 Å². The topological polar surface area (TPSA) is 88.5 Å². The molecule has 6 nitrogen and oxygen atoms in total. The number of hydrogen-bond donors (Lipinski definition) is 2. The Bertz CT molecular complexity index is 702. The van der Waals surface area contributed by atoms with Gasteiger partial charge in [0.2, 0.25) is 10.0 Å². The van der Waals surface area contributed by atoms with Crippen LogP contribution in [0.1, 0.15) is 11.1 Å². The third kappa shape index (κ3) is 3.78. The summed E-state index contributed by atoms with van der Waals surface area (Å²) in [5.74, 6) is 0.228. The van der Waals surface area contributed by atoms with Crippen molar-refractivity contribution < 1.29 is 18.3 Å². The number of pyridine rings is 1. The Labute approximate surface area is 123 Å². The zero-order valence-corrected chi connectivity index (χ0v) is 12.3. The normalized spacial score (nSPS) is 11.3. The van der Waals surface area contributed by atoms with Crippen LogP contribution in [0, 0.1) is 0 Å². The van der Waals surface area contributed by atoms with Crippen molar-refractivity contribution in [2.24, 2.45) is 0 Å². The number of methoxy groups -OCH3 is 1. The molecule has 112 valence electrons. The molecule has 0 atom stereocenters. The molecular weight excluding hydrogens is 292 g/mol. The van der Waals surface area contributed by atoms with Gasteiger partial charge in [-0.25, -0.2) is 13.1 Å². The van der Waals surface area contributed by atoms with Gasteiger partial charge >= 0.3 is 0 Å². The third-order valence-electron chi connectivity index (χ3n) is 2.89. The molecule has 0 bridgehead atoms. The van der Waals surface area contributed by atoms with Gasteiger partial charge in [0.1, 0.15) is 10.6 Å². The van der Waals surface area contributed by atoms with Gasteiger partial charge in [-0.3, -0.25) is 4.98 Å². The molecule has 0 radical (unpaired) electrons. The molecule has 0 saturated carbocycles. The molecule has 0 unspecified atom stereocenters. The lowest BCUT2D eigenvalue weighted by Crippen LogP contribution is -2.24. The highest BCUT2D eigenvalue weighted by Gasteiger charge is 2.19. The van der Waals surface area contributed by atoms with E-state index < -0.39 is 10.0 Å². The van der Waals surface area contributed by atoms with Crippen molar-refractivity contribution in [1.29, 1.82) is 0 Å². The molecule has 2 N–H and O–H groups in total. The number of aromatic nitrogens is 1. The van der Waals surface area contributed by atoms with Crippen molar-refractivity contribution in [3.05, 3.63) is 53.9 Å². The Kier molecular flexibility index (Phi) is 4.89. The summed E-state index contributed by atoms with van der Waals surface area (Å²) < 4.78 is 32.3. The molecule has 0 spiro atoms. The van der Waals surface area contributed by atoms with Crippen molar-refractivity contribution in [3.63, 3.8) is 0 Å². The lowest BCUT2D eigenvalue weighted by molar-refractivity contribution is 0.281. The van der Waals surface area contributed by atoms with Gasteiger partial charge < -0.3 is 9.84 Å². The molecule has 1 aromatic carbocycles. The van der Waals surface area contributed by atoms with Gasteiger partial charge in [-0.1, -0.05) is 12.1 Å². The van der Waals surface area contributed by atoms with E-state index in [9.17, 15) is 8.42 Å². The first-order valence-electron chi connectivity index (χ1n) is 6.23. The average Bonchev–Trinajstić information content (AvgIpc) is 2.53. The standard InChI is InChI=1S/C14H16N2O4S/c1-20-13-5-4-11(10-17)7-14(13)21(18,19)16-9-12-3-2-6-15-8-12/h2-8,16-17H,9-10H2,1H3. The van der Waals surface area contributed by atoms with Crippen molar-refractivity contribution >= 4 is 10.0 Å². The summed E-state index contributed by atoms with van der Waals surface area (Å²) in [4.78, 5) is 3.93. The number of sulfonamides is 1. The first kappa shape index (κ1) is 15.4. The minimum Gasteiger partial charge on any atom is -0.495 e. The molecule has 0 amide bonds. The maximum atomic E-state index is 12.4. The van der Waals surface area contributed by atoms with E-state index >= 15 is 0 Å². The first-order valence-corrected chi connectivity index (χ1v) is 7.71. The van der Waals surface area contributed by atoms with Crippen LogP contribution in [0.3, 0.4) is 0 Å². The van der Waals surface area contributed by atoms with Gasteiger partial charge in [-0.15, -0.1) is 0 Å². The molecule has 2 rings (SSSR count).